The number of likely N-dealkylation sites (tertiary alicyclic amines) is 1. The van der Waals surface area contributed by atoms with Crippen LogP contribution in [0, 0.1) is 11.3 Å². The van der Waals surface area contributed by atoms with Gasteiger partial charge in [0, 0.05) is 73.9 Å². The second-order valence-corrected chi connectivity index (χ2v) is 19.1. The number of hydrogen-bond donors (Lipinski definition) is 6. The Kier molecular flexibility index (Phi) is 17.9. The third-order valence-electron chi connectivity index (χ3n) is 11.3. The van der Waals surface area contributed by atoms with E-state index in [-0.39, 0.29) is 67.8 Å². The second-order valence-electron chi connectivity index (χ2n) is 17.8. The van der Waals surface area contributed by atoms with Crippen molar-refractivity contribution in [1.82, 2.24) is 35.6 Å². The average Bonchev–Trinajstić information content (AvgIpc) is 3.67. The van der Waals surface area contributed by atoms with E-state index < -0.39 is 75.8 Å². The van der Waals surface area contributed by atoms with Gasteiger partial charge in [-0.2, -0.15) is 0 Å². The molecule has 342 valence electrons. The van der Waals surface area contributed by atoms with E-state index in [1.165, 1.54) is 11.8 Å². The molecule has 2 heterocycles. The van der Waals surface area contributed by atoms with Crippen molar-refractivity contribution in [3.8, 4) is 0 Å². The molecule has 2 aromatic rings. The minimum Gasteiger partial charge on any atom is -0.481 e. The summed E-state index contributed by atoms with van der Waals surface area (Å²) in [5.41, 5.74) is 0.719. The highest BCUT2D eigenvalue weighted by atomic mass is 32.2. The quantitative estimate of drug-likeness (QED) is 0.0740. The maximum atomic E-state index is 14.4. The van der Waals surface area contributed by atoms with E-state index >= 15 is 0 Å². The molecular formula is C44H65N7O10S. The van der Waals surface area contributed by atoms with Gasteiger partial charge in [-0.25, -0.2) is 4.79 Å². The predicted molar refractivity (Wildman–Crippen MR) is 237 cm³/mol. The van der Waals surface area contributed by atoms with Crippen LogP contribution in [0.3, 0.4) is 0 Å². The normalized spacial score (nSPS) is 16.8. The molecule has 18 heteroatoms. The fraction of sp³-hybridized carbons (Fsp3) is 0.591. The van der Waals surface area contributed by atoms with Gasteiger partial charge in [0.25, 0.3) is 0 Å². The van der Waals surface area contributed by atoms with Crippen molar-refractivity contribution in [3.05, 3.63) is 47.7 Å². The molecule has 1 unspecified atom stereocenters. The van der Waals surface area contributed by atoms with Gasteiger partial charge in [-0.3, -0.25) is 38.5 Å². The Labute approximate surface area is 368 Å². The minimum atomic E-state index is -1.43. The van der Waals surface area contributed by atoms with Gasteiger partial charge in [-0.05, 0) is 43.4 Å². The van der Waals surface area contributed by atoms with Crippen LogP contribution < -0.4 is 21.3 Å². The average molecular weight is 884 g/mol. The number of benzene rings is 1. The van der Waals surface area contributed by atoms with E-state index in [2.05, 4.69) is 21.3 Å². The summed E-state index contributed by atoms with van der Waals surface area (Å²) in [4.78, 5) is 105. The number of aliphatic carboxylic acids is 2. The van der Waals surface area contributed by atoms with Gasteiger partial charge in [-0.15, -0.1) is 11.8 Å². The summed E-state index contributed by atoms with van der Waals surface area (Å²) in [5, 5.41) is 30.3. The third-order valence-corrected chi connectivity index (χ3v) is 12.5. The number of carbonyl (C=O) groups is 8. The largest absolute Gasteiger partial charge is 0.481 e. The molecule has 17 nitrogen and oxygen atoms in total. The van der Waals surface area contributed by atoms with E-state index in [0.29, 0.717) is 0 Å². The number of nitrogens with zero attached hydrogens (tertiary/aromatic N) is 3. The first-order valence-electron chi connectivity index (χ1n) is 20.8. The Balaban J connectivity index is 1.66. The Morgan fingerprint density at radius 3 is 2.21 bits per heavy atom. The summed E-state index contributed by atoms with van der Waals surface area (Å²) < 4.78 is 2.02. The van der Waals surface area contributed by atoms with Crippen LogP contribution in [0.5, 0.6) is 0 Å². The van der Waals surface area contributed by atoms with Crippen molar-refractivity contribution in [2.75, 3.05) is 32.9 Å². The lowest BCUT2D eigenvalue weighted by molar-refractivity contribution is -0.142. The third kappa shape index (κ3) is 12.9. The number of nitrogens with one attached hydrogen (secondary N) is 4. The molecule has 1 saturated heterocycles. The van der Waals surface area contributed by atoms with Gasteiger partial charge in [-0.1, -0.05) is 72.7 Å². The summed E-state index contributed by atoms with van der Waals surface area (Å²) in [6.45, 7) is 14.6. The minimum absolute atomic E-state index is 0.0608. The maximum absolute atomic E-state index is 14.4. The molecular weight excluding hydrogens is 819 g/mol. The van der Waals surface area contributed by atoms with Gasteiger partial charge in [0.05, 0.1) is 23.8 Å². The number of likely N-dealkylation sites (N-methyl/N-ethyl adjacent to an activating group) is 2. The van der Waals surface area contributed by atoms with Crippen LogP contribution in [-0.2, 0) is 50.8 Å². The highest BCUT2D eigenvalue weighted by molar-refractivity contribution is 8.00. The van der Waals surface area contributed by atoms with Crippen molar-refractivity contribution in [2.24, 2.45) is 18.4 Å². The smallest absolute Gasteiger partial charge is 0.326 e. The second kappa shape index (κ2) is 21.7. The number of aryl methyl sites for hydroxylation is 1. The highest BCUT2D eigenvalue weighted by Gasteiger charge is 2.43. The molecule has 6 amide bonds. The number of rotatable bonds is 22. The standard InChI is InChI=1S/C44H65N7O10S/c1-25(2)31(50(11)41(59)37(43(4,5)6)48-39(57)36(45-9)44(7,8)28-24-49(10)30-15-13-12-14-27(28)30)22-26(3)38(56)47-29(42(60)61)16-17-33(52)46-19-20-51-34(53)23-32(40(51)58)62-21-18-35(54)55/h12-15,22,24-25,29,31-32,36-37,45H,16-21,23H2,1-11H3,(H,46,52)(H,47,56)(H,48,57)(H,54,55)(H,60,61)/b26-22+/t29-,31-,32?,36-,37-/m1/s1. The number of hydrogen-bond acceptors (Lipinski definition) is 10. The molecule has 0 saturated carbocycles. The van der Waals surface area contributed by atoms with Gasteiger partial charge in [0.15, 0.2) is 0 Å². The first-order valence-corrected chi connectivity index (χ1v) is 21.8. The van der Waals surface area contributed by atoms with Crippen LogP contribution in [0.15, 0.2) is 42.1 Å². The lowest BCUT2D eigenvalue weighted by Gasteiger charge is -2.39. The first-order chi connectivity index (χ1) is 28.8. The Morgan fingerprint density at radius 1 is 0.984 bits per heavy atom. The number of amides is 6. The van der Waals surface area contributed by atoms with Gasteiger partial charge in [0.1, 0.15) is 12.1 Å². The van der Waals surface area contributed by atoms with Gasteiger partial charge >= 0.3 is 11.9 Å². The molecule has 1 fully saturated rings. The monoisotopic (exact) mass is 883 g/mol. The molecule has 5 atom stereocenters. The van der Waals surface area contributed by atoms with Gasteiger partial charge in [0.2, 0.25) is 35.4 Å². The van der Waals surface area contributed by atoms with Crippen LogP contribution in [-0.4, -0.2) is 134 Å². The number of carboxylic acids is 2. The van der Waals surface area contributed by atoms with Crippen molar-refractivity contribution < 1.29 is 48.6 Å². The Hall–Kier alpha value is -5.23. The summed E-state index contributed by atoms with van der Waals surface area (Å²) in [5.74, 6) is -5.28. The maximum Gasteiger partial charge on any atom is 0.326 e. The number of para-hydroxylation sites is 1. The highest BCUT2D eigenvalue weighted by Crippen LogP contribution is 2.35. The summed E-state index contributed by atoms with van der Waals surface area (Å²) >= 11 is 1.09. The molecule has 0 radical (unpaired) electrons. The van der Waals surface area contributed by atoms with E-state index in [0.717, 1.165) is 33.1 Å². The molecule has 1 aromatic heterocycles. The number of aromatic nitrogens is 1. The Bertz CT molecular complexity index is 2040. The molecule has 3 rings (SSSR count). The summed E-state index contributed by atoms with van der Waals surface area (Å²) in [7, 11) is 5.27. The van der Waals surface area contributed by atoms with Crippen LogP contribution in [0.2, 0.25) is 0 Å². The topological polar surface area (TPSA) is 237 Å². The van der Waals surface area contributed by atoms with Crippen LogP contribution in [0.4, 0.5) is 0 Å². The molecule has 1 aromatic carbocycles. The zero-order chi connectivity index (χ0) is 46.9. The molecule has 0 bridgehead atoms. The zero-order valence-electron chi connectivity index (χ0n) is 37.8. The SMILES string of the molecule is CN[C@H](C(=O)N[C@H](C(=O)N(C)[C@H](/C=C(\C)C(=O)N[C@H](CCC(=O)NCCN1C(=O)CC(SCCC(=O)O)C1=O)C(=O)O)C(C)C)C(C)(C)C)C(C)(C)c1cn(C)c2ccccc12. The molecule has 6 N–H and O–H groups in total. The van der Waals surface area contributed by atoms with Gasteiger partial charge < -0.3 is 40.9 Å². The fourth-order valence-electron chi connectivity index (χ4n) is 7.65. The molecule has 1 aliphatic heterocycles. The van der Waals surface area contributed by atoms with Crippen LogP contribution >= 0.6 is 11.8 Å². The number of thioether (sulfide) groups is 1. The van der Waals surface area contributed by atoms with Crippen molar-refractivity contribution in [2.45, 2.75) is 116 Å². The first kappa shape index (κ1) is 51.1. The number of imide groups is 1. The van der Waals surface area contributed by atoms with Crippen LogP contribution in [0.25, 0.3) is 10.9 Å². The number of fused-ring (bicyclic) bond motifs is 1. The van der Waals surface area contributed by atoms with Crippen molar-refractivity contribution >= 4 is 70.0 Å². The zero-order valence-corrected chi connectivity index (χ0v) is 38.6. The molecule has 0 aliphatic carbocycles. The molecule has 0 spiro atoms. The summed E-state index contributed by atoms with van der Waals surface area (Å²) in [6, 6.07) is 4.21. The molecule has 62 heavy (non-hydrogen) atoms. The Morgan fingerprint density at radius 2 is 1.63 bits per heavy atom. The lowest BCUT2D eigenvalue weighted by Crippen LogP contribution is -2.61. The lowest BCUT2D eigenvalue weighted by atomic mass is 9.76. The van der Waals surface area contributed by atoms with E-state index in [1.807, 2.05) is 90.5 Å². The number of carbonyl (C=O) groups excluding carboxylic acids is 6. The van der Waals surface area contributed by atoms with Crippen molar-refractivity contribution in [1.29, 1.82) is 0 Å². The molecule has 1 aliphatic rings. The van der Waals surface area contributed by atoms with E-state index in [1.54, 1.807) is 20.2 Å². The summed E-state index contributed by atoms with van der Waals surface area (Å²) in [6.07, 6.45) is 2.86. The predicted octanol–water partition coefficient (Wildman–Crippen LogP) is 2.81. The fourth-order valence-corrected chi connectivity index (χ4v) is 8.75. The van der Waals surface area contributed by atoms with E-state index in [4.69, 9.17) is 5.11 Å². The van der Waals surface area contributed by atoms with E-state index in [9.17, 15) is 43.5 Å². The van der Waals surface area contributed by atoms with Crippen LogP contribution in [0.1, 0.15) is 86.6 Å². The van der Waals surface area contributed by atoms with Crippen molar-refractivity contribution in [3.63, 3.8) is 0 Å². The number of carboxylic acid groups (broad SMARTS) is 2.